The Morgan fingerprint density at radius 3 is 2.64 bits per heavy atom. The summed E-state index contributed by atoms with van der Waals surface area (Å²) in [5, 5.41) is 19.6. The molecule has 0 bridgehead atoms. The number of nitrogens with zero attached hydrogens (tertiary/aromatic N) is 5. The summed E-state index contributed by atoms with van der Waals surface area (Å²) in [6, 6.07) is 8.82. The maximum Gasteiger partial charge on any atom is 0.276 e. The van der Waals surface area contributed by atoms with E-state index in [9.17, 15) is 4.79 Å². The second-order valence-corrected chi connectivity index (χ2v) is 6.44. The minimum atomic E-state index is -0.353. The number of amides is 1. The van der Waals surface area contributed by atoms with Crippen LogP contribution < -0.4 is 10.2 Å². The van der Waals surface area contributed by atoms with E-state index in [1.54, 1.807) is 48.5 Å². The van der Waals surface area contributed by atoms with Gasteiger partial charge in [-0.25, -0.2) is 9.97 Å². The van der Waals surface area contributed by atoms with Gasteiger partial charge < -0.3 is 20.2 Å². The molecule has 0 saturated carbocycles. The number of benzene rings is 1. The smallest absolute Gasteiger partial charge is 0.276 e. The highest BCUT2D eigenvalue weighted by molar-refractivity contribution is 6.30. The summed E-state index contributed by atoms with van der Waals surface area (Å²) < 4.78 is 0. The molecule has 0 fully saturated rings. The zero-order valence-electron chi connectivity index (χ0n) is 15.4. The average molecular weight is 402 g/mol. The van der Waals surface area contributed by atoms with Crippen LogP contribution in [0.5, 0.6) is 0 Å². The van der Waals surface area contributed by atoms with Gasteiger partial charge in [0.15, 0.2) is 17.3 Å². The number of aromatic nitrogens is 4. The van der Waals surface area contributed by atoms with Gasteiger partial charge in [0.05, 0.1) is 19.0 Å². The van der Waals surface area contributed by atoms with Crippen LogP contribution in [-0.4, -0.2) is 63.3 Å². The Morgan fingerprint density at radius 2 is 2.00 bits per heavy atom. The van der Waals surface area contributed by atoms with Gasteiger partial charge in [0.2, 0.25) is 0 Å². The first-order chi connectivity index (χ1) is 13.5. The highest BCUT2D eigenvalue weighted by Crippen LogP contribution is 2.25. The molecule has 146 valence electrons. The third kappa shape index (κ3) is 4.38. The van der Waals surface area contributed by atoms with Gasteiger partial charge in [-0.1, -0.05) is 11.6 Å². The van der Waals surface area contributed by atoms with Crippen LogP contribution in [0.2, 0.25) is 5.02 Å². The Bertz CT molecular complexity index is 932. The molecule has 0 spiro atoms. The standard InChI is InChI=1S/C18H20ClN7O2/c1-25(9-10-27)18(28)16-17(22-13-5-3-12(19)4-6-13)23-15(11-20-16)26(2)14-7-8-21-24-14/h3-8,11,27H,9-10H2,1-2H3,(H,21,24)(H,22,23). The van der Waals surface area contributed by atoms with Crippen molar-refractivity contribution in [2.24, 2.45) is 0 Å². The number of nitrogens with one attached hydrogen (secondary N) is 2. The molecular weight excluding hydrogens is 382 g/mol. The summed E-state index contributed by atoms with van der Waals surface area (Å²) in [7, 11) is 3.40. The molecule has 9 nitrogen and oxygen atoms in total. The number of aliphatic hydroxyl groups excluding tert-OH is 1. The first-order valence-corrected chi connectivity index (χ1v) is 8.86. The SMILES string of the molecule is CN(CCO)C(=O)c1ncc(N(C)c2ccn[nH]2)nc1Nc1ccc(Cl)cc1. The summed E-state index contributed by atoms with van der Waals surface area (Å²) in [6.07, 6.45) is 3.14. The fourth-order valence-corrected chi connectivity index (χ4v) is 2.57. The molecule has 0 aliphatic rings. The van der Waals surface area contributed by atoms with Crippen LogP contribution in [0.3, 0.4) is 0 Å². The van der Waals surface area contributed by atoms with Crippen LogP contribution in [0.4, 0.5) is 23.1 Å². The molecule has 0 unspecified atom stereocenters. The molecule has 0 atom stereocenters. The Kier molecular flexibility index (Phi) is 6.07. The fraction of sp³-hybridized carbons (Fsp3) is 0.222. The zero-order chi connectivity index (χ0) is 20.1. The van der Waals surface area contributed by atoms with E-state index in [0.29, 0.717) is 22.3 Å². The minimum Gasteiger partial charge on any atom is -0.395 e. The lowest BCUT2D eigenvalue weighted by Crippen LogP contribution is -2.31. The highest BCUT2D eigenvalue weighted by atomic mass is 35.5. The largest absolute Gasteiger partial charge is 0.395 e. The minimum absolute atomic E-state index is 0.143. The quantitative estimate of drug-likeness (QED) is 0.557. The fourth-order valence-electron chi connectivity index (χ4n) is 2.45. The van der Waals surface area contributed by atoms with E-state index in [0.717, 1.165) is 5.82 Å². The Morgan fingerprint density at radius 1 is 1.25 bits per heavy atom. The van der Waals surface area contributed by atoms with Gasteiger partial charge in [0.1, 0.15) is 5.82 Å². The summed E-state index contributed by atoms with van der Waals surface area (Å²) in [5.74, 6) is 1.18. The molecule has 0 aliphatic heterocycles. The number of aliphatic hydroxyl groups is 1. The third-order valence-corrected chi connectivity index (χ3v) is 4.29. The van der Waals surface area contributed by atoms with Crippen molar-refractivity contribution in [2.45, 2.75) is 0 Å². The summed E-state index contributed by atoms with van der Waals surface area (Å²) in [5.41, 5.74) is 0.853. The van der Waals surface area contributed by atoms with Crippen LogP contribution in [0.15, 0.2) is 42.7 Å². The molecule has 2 aromatic heterocycles. The molecule has 0 radical (unpaired) electrons. The summed E-state index contributed by atoms with van der Waals surface area (Å²) >= 11 is 5.94. The van der Waals surface area contributed by atoms with Crippen molar-refractivity contribution in [3.8, 4) is 0 Å². The average Bonchev–Trinajstić information content (AvgIpc) is 3.23. The maximum atomic E-state index is 12.7. The number of hydrogen-bond acceptors (Lipinski definition) is 7. The number of rotatable bonds is 7. The van der Waals surface area contributed by atoms with Crippen molar-refractivity contribution in [3.05, 3.63) is 53.4 Å². The van der Waals surface area contributed by atoms with E-state index < -0.39 is 0 Å². The van der Waals surface area contributed by atoms with Gasteiger partial charge in [-0.2, -0.15) is 5.10 Å². The molecule has 0 saturated heterocycles. The topological polar surface area (TPSA) is 110 Å². The lowest BCUT2D eigenvalue weighted by atomic mass is 10.3. The number of halogens is 1. The predicted molar refractivity (Wildman–Crippen MR) is 107 cm³/mol. The van der Waals surface area contributed by atoms with Gasteiger partial charge in [-0.15, -0.1) is 0 Å². The molecule has 3 rings (SSSR count). The number of likely N-dealkylation sites (N-methyl/N-ethyl adjacent to an activating group) is 1. The monoisotopic (exact) mass is 401 g/mol. The summed E-state index contributed by atoms with van der Waals surface area (Å²) in [6.45, 7) is 0.0486. The van der Waals surface area contributed by atoms with Crippen molar-refractivity contribution in [1.29, 1.82) is 0 Å². The van der Waals surface area contributed by atoms with Crippen LogP contribution in [0, 0.1) is 0 Å². The van der Waals surface area contributed by atoms with E-state index >= 15 is 0 Å². The second-order valence-electron chi connectivity index (χ2n) is 6.01. The molecular formula is C18H20ClN7O2. The Labute approximate surface area is 167 Å². The van der Waals surface area contributed by atoms with Crippen LogP contribution >= 0.6 is 11.6 Å². The molecule has 10 heteroatoms. The molecule has 3 N–H and O–H groups in total. The lowest BCUT2D eigenvalue weighted by Gasteiger charge is -2.20. The number of carbonyl (C=O) groups is 1. The number of anilines is 4. The number of hydrogen-bond donors (Lipinski definition) is 3. The van der Waals surface area contributed by atoms with Crippen LogP contribution in [0.1, 0.15) is 10.5 Å². The molecule has 1 amide bonds. The first-order valence-electron chi connectivity index (χ1n) is 8.48. The number of carbonyl (C=O) groups excluding carboxylic acids is 1. The number of aromatic amines is 1. The third-order valence-electron chi connectivity index (χ3n) is 4.04. The van der Waals surface area contributed by atoms with E-state index in [4.69, 9.17) is 16.7 Å². The van der Waals surface area contributed by atoms with Gasteiger partial charge >= 0.3 is 0 Å². The Hall–Kier alpha value is -3.17. The highest BCUT2D eigenvalue weighted by Gasteiger charge is 2.21. The van der Waals surface area contributed by atoms with Gasteiger partial charge in [-0.05, 0) is 24.3 Å². The zero-order valence-corrected chi connectivity index (χ0v) is 16.2. The van der Waals surface area contributed by atoms with Gasteiger partial charge in [-0.3, -0.25) is 9.89 Å². The van der Waals surface area contributed by atoms with Gasteiger partial charge in [0.25, 0.3) is 5.91 Å². The van der Waals surface area contributed by atoms with E-state index in [2.05, 4.69) is 25.5 Å². The maximum absolute atomic E-state index is 12.7. The Balaban J connectivity index is 1.98. The molecule has 1 aromatic carbocycles. The second kappa shape index (κ2) is 8.68. The van der Waals surface area contributed by atoms with Crippen molar-refractivity contribution >= 4 is 40.6 Å². The van der Waals surface area contributed by atoms with E-state index in [1.807, 2.05) is 7.05 Å². The molecule has 28 heavy (non-hydrogen) atoms. The molecule has 3 aromatic rings. The van der Waals surface area contributed by atoms with Crippen molar-refractivity contribution < 1.29 is 9.90 Å². The normalized spacial score (nSPS) is 10.6. The van der Waals surface area contributed by atoms with E-state index in [1.165, 1.54) is 11.1 Å². The summed E-state index contributed by atoms with van der Waals surface area (Å²) in [4.78, 5) is 24.8. The van der Waals surface area contributed by atoms with E-state index in [-0.39, 0.29) is 24.8 Å². The lowest BCUT2D eigenvalue weighted by molar-refractivity contribution is 0.0762. The van der Waals surface area contributed by atoms with Crippen molar-refractivity contribution in [1.82, 2.24) is 25.1 Å². The molecule has 0 aliphatic carbocycles. The van der Waals surface area contributed by atoms with Gasteiger partial charge in [0, 0.05) is 37.4 Å². The first kappa shape index (κ1) is 19.6. The number of H-pyrrole nitrogens is 1. The van der Waals surface area contributed by atoms with Crippen LogP contribution in [0.25, 0.3) is 0 Å². The van der Waals surface area contributed by atoms with Crippen molar-refractivity contribution in [2.75, 3.05) is 37.5 Å². The van der Waals surface area contributed by atoms with Crippen molar-refractivity contribution in [3.63, 3.8) is 0 Å². The predicted octanol–water partition coefficient (Wildman–Crippen LogP) is 2.43. The molecule has 2 heterocycles. The van der Waals surface area contributed by atoms with Crippen LogP contribution in [-0.2, 0) is 0 Å².